The molecule has 0 amide bonds. The van der Waals surface area contributed by atoms with Crippen molar-refractivity contribution in [3.8, 4) is 0 Å². The van der Waals surface area contributed by atoms with E-state index in [2.05, 4.69) is 10.1 Å². The Morgan fingerprint density at radius 1 is 0.958 bits per heavy atom. The number of halogens is 7. The summed E-state index contributed by atoms with van der Waals surface area (Å²) < 4.78 is 118. The minimum absolute atomic E-state index is 0.00160. The summed E-state index contributed by atoms with van der Waals surface area (Å²) in [5, 5.41) is 13.7. The number of aromatic amines is 1. The summed E-state index contributed by atoms with van der Waals surface area (Å²) in [7, 11) is -4.80. The average Bonchev–Trinajstić information content (AvgIpc) is 3.41. The Kier molecular flexibility index (Phi) is 11.7. The molecule has 48 heavy (non-hydrogen) atoms. The van der Waals surface area contributed by atoms with Crippen molar-refractivity contribution in [2.75, 3.05) is 19.8 Å². The van der Waals surface area contributed by atoms with E-state index in [-0.39, 0.29) is 36.0 Å². The van der Waals surface area contributed by atoms with Gasteiger partial charge in [0.15, 0.2) is 0 Å². The number of hydrogen-bond acceptors (Lipinski definition) is 7. The third kappa shape index (κ3) is 9.61. The molecule has 0 spiro atoms. The van der Waals surface area contributed by atoms with E-state index in [1.165, 1.54) is 24.0 Å². The first kappa shape index (κ1) is 37.0. The predicted octanol–water partition coefficient (Wildman–Crippen LogP) is 6.23. The zero-order valence-corrected chi connectivity index (χ0v) is 26.0. The first-order valence-corrected chi connectivity index (χ1v) is 15.7. The molecule has 0 saturated heterocycles. The summed E-state index contributed by atoms with van der Waals surface area (Å²) >= 11 is 0. The highest BCUT2D eigenvalue weighted by Crippen LogP contribution is 2.42. The van der Waals surface area contributed by atoms with Gasteiger partial charge in [0.05, 0.1) is 49.6 Å². The molecule has 3 aromatic carbocycles. The molecule has 10 nitrogen and oxygen atoms in total. The molecule has 4 rings (SSSR count). The van der Waals surface area contributed by atoms with Gasteiger partial charge in [-0.2, -0.15) is 26.3 Å². The van der Waals surface area contributed by atoms with Crippen LogP contribution in [-0.4, -0.2) is 49.2 Å². The predicted molar refractivity (Wildman–Crippen MR) is 157 cm³/mol. The second-order valence-electron chi connectivity index (χ2n) is 10.6. The van der Waals surface area contributed by atoms with E-state index >= 15 is 0 Å². The molecule has 3 N–H and O–H groups in total. The molecule has 0 bridgehead atoms. The fourth-order valence-electron chi connectivity index (χ4n) is 4.70. The van der Waals surface area contributed by atoms with Crippen LogP contribution in [-0.2, 0) is 39.3 Å². The molecule has 18 heteroatoms. The van der Waals surface area contributed by atoms with Crippen LogP contribution >= 0.6 is 7.75 Å². The average molecular weight is 707 g/mol. The fraction of sp³-hybridized carbons (Fsp3) is 0.333. The Bertz CT molecular complexity index is 1730. The van der Waals surface area contributed by atoms with Crippen molar-refractivity contribution in [1.29, 1.82) is 0 Å². The van der Waals surface area contributed by atoms with Gasteiger partial charge in [0.1, 0.15) is 11.6 Å². The van der Waals surface area contributed by atoms with Gasteiger partial charge in [-0.3, -0.25) is 14.4 Å². The molecule has 0 aliphatic rings. The summed E-state index contributed by atoms with van der Waals surface area (Å²) in [6.45, 7) is -0.437. The number of aliphatic hydroxyl groups excluding tert-OH is 1. The Balaban J connectivity index is 1.60. The summed E-state index contributed by atoms with van der Waals surface area (Å²) in [5.74, 6) is -0.777. The van der Waals surface area contributed by atoms with Gasteiger partial charge < -0.3 is 14.7 Å². The molecule has 260 valence electrons. The molecular weight excluding hydrogens is 676 g/mol. The normalized spacial score (nSPS) is 15.0. The van der Waals surface area contributed by atoms with E-state index in [4.69, 9.17) is 9.26 Å². The molecule has 3 unspecified atom stereocenters. The molecule has 4 aromatic rings. The van der Waals surface area contributed by atoms with E-state index in [1.807, 2.05) is 0 Å². The van der Waals surface area contributed by atoms with Gasteiger partial charge in [0.25, 0.3) is 0 Å². The summed E-state index contributed by atoms with van der Waals surface area (Å²) in [6, 6.07) is 13.4. The molecule has 0 radical (unpaired) electrons. The van der Waals surface area contributed by atoms with E-state index in [0.29, 0.717) is 23.3 Å². The Morgan fingerprint density at radius 2 is 1.56 bits per heavy atom. The molecule has 1 heterocycles. The van der Waals surface area contributed by atoms with Gasteiger partial charge in [-0.1, -0.05) is 42.5 Å². The van der Waals surface area contributed by atoms with Crippen LogP contribution in [0.4, 0.5) is 30.7 Å². The first-order valence-electron chi connectivity index (χ1n) is 14.2. The number of aliphatic hydroxyl groups is 1. The number of H-pyrrole nitrogens is 1. The van der Waals surface area contributed by atoms with Crippen LogP contribution < -0.4 is 5.69 Å². The highest BCUT2D eigenvalue weighted by atomic mass is 31.2. The number of alkyl halides is 6. The number of nitrogens with one attached hydrogen (secondary N) is 1. The largest absolute Gasteiger partial charge is 0.457 e. The topological polar surface area (TPSA) is 130 Å². The maximum atomic E-state index is 13.8. The molecule has 0 aliphatic heterocycles. The zero-order chi connectivity index (χ0) is 35.3. The fourth-order valence-corrected chi connectivity index (χ4v) is 5.62. The van der Waals surface area contributed by atoms with Gasteiger partial charge in [0, 0.05) is 6.54 Å². The van der Waals surface area contributed by atoms with Crippen LogP contribution in [0.15, 0.2) is 77.6 Å². The number of rotatable bonds is 14. The number of ether oxygens (including phenoxy) is 1. The van der Waals surface area contributed by atoms with Crippen LogP contribution in [0, 0.1) is 5.82 Å². The minimum atomic E-state index is -5.07. The van der Waals surface area contributed by atoms with Crippen molar-refractivity contribution in [3.05, 3.63) is 123 Å². The molecule has 0 aliphatic carbocycles. The lowest BCUT2D eigenvalue weighted by Gasteiger charge is -2.32. The molecule has 1 aromatic heterocycles. The second kappa shape index (κ2) is 15.1. The standard InChI is InChI=1S/C30H30F7N4O6P/c1-19(22-13-23(29(32,33)34)15-24(14-22)30(35,36)37)46-18-26(21-7-9-25(31)10-8-21)40(11-12-42)16-27-38-28(43)41(39-27)48(44,45)47-17-20-5-3-2-4-6-20/h2-10,13-15,19,26,42H,11-12,16-18H2,1H3,(H,44,45)(H,38,39,43). The summed E-state index contributed by atoms with van der Waals surface area (Å²) in [6.07, 6.45) is -11.5. The van der Waals surface area contributed by atoms with Gasteiger partial charge in [-0.15, -0.1) is 9.55 Å². The van der Waals surface area contributed by atoms with Gasteiger partial charge in [-0.05, 0) is 53.9 Å². The van der Waals surface area contributed by atoms with Crippen LogP contribution in [0.5, 0.6) is 0 Å². The smallest absolute Gasteiger partial charge is 0.395 e. The molecule has 0 fully saturated rings. The third-order valence-corrected chi connectivity index (χ3v) is 8.36. The Hall–Kier alpha value is -3.86. The molecular formula is C30H30F7N4O6P. The lowest BCUT2D eigenvalue weighted by molar-refractivity contribution is -0.143. The Morgan fingerprint density at radius 3 is 2.12 bits per heavy atom. The van der Waals surface area contributed by atoms with Crippen molar-refractivity contribution in [1.82, 2.24) is 19.4 Å². The SMILES string of the molecule is CC(OCC(c1ccc(F)cc1)N(CCO)Cc1nn(P(=O)(O)OCc2ccccc2)c(=O)[nH]1)c1cc(C(F)(F)F)cc(C(F)(F)F)c1. The van der Waals surface area contributed by atoms with E-state index in [9.17, 15) is 50.1 Å². The number of benzene rings is 3. The maximum Gasteiger partial charge on any atom is 0.457 e. The van der Waals surface area contributed by atoms with Crippen LogP contribution in [0.2, 0.25) is 0 Å². The first-order chi connectivity index (χ1) is 22.5. The van der Waals surface area contributed by atoms with Crippen molar-refractivity contribution in [3.63, 3.8) is 0 Å². The molecule has 0 saturated carbocycles. The van der Waals surface area contributed by atoms with Crippen LogP contribution in [0.25, 0.3) is 0 Å². The number of aromatic nitrogens is 3. The zero-order valence-electron chi connectivity index (χ0n) is 25.1. The molecule has 3 atom stereocenters. The second-order valence-corrected chi connectivity index (χ2v) is 12.2. The highest BCUT2D eigenvalue weighted by molar-refractivity contribution is 7.50. The van der Waals surface area contributed by atoms with Gasteiger partial charge in [-0.25, -0.2) is 13.8 Å². The number of nitrogens with zero attached hydrogens (tertiary/aromatic N) is 3. The monoisotopic (exact) mass is 706 g/mol. The lowest BCUT2D eigenvalue weighted by atomic mass is 10.0. The summed E-state index contributed by atoms with van der Waals surface area (Å²) in [5.41, 5.74) is -3.65. The van der Waals surface area contributed by atoms with E-state index in [1.54, 1.807) is 30.3 Å². The van der Waals surface area contributed by atoms with Crippen molar-refractivity contribution in [2.24, 2.45) is 0 Å². The van der Waals surface area contributed by atoms with Crippen LogP contribution in [0.3, 0.4) is 0 Å². The van der Waals surface area contributed by atoms with Gasteiger partial charge >= 0.3 is 25.8 Å². The van der Waals surface area contributed by atoms with Gasteiger partial charge in [0.2, 0.25) is 0 Å². The number of hydrogen-bond donors (Lipinski definition) is 3. The van der Waals surface area contributed by atoms with Crippen molar-refractivity contribution >= 4 is 7.75 Å². The minimum Gasteiger partial charge on any atom is -0.395 e. The van der Waals surface area contributed by atoms with E-state index in [0.717, 1.165) is 12.1 Å². The summed E-state index contributed by atoms with van der Waals surface area (Å²) in [4.78, 5) is 26.9. The van der Waals surface area contributed by atoms with Crippen LogP contribution in [0.1, 0.15) is 52.7 Å². The van der Waals surface area contributed by atoms with Crippen molar-refractivity contribution in [2.45, 2.75) is 44.6 Å². The lowest BCUT2D eigenvalue weighted by Crippen LogP contribution is -2.34. The Labute approximate surface area is 268 Å². The third-order valence-electron chi connectivity index (χ3n) is 7.15. The highest BCUT2D eigenvalue weighted by Gasteiger charge is 2.37. The maximum absolute atomic E-state index is 13.8. The quantitative estimate of drug-likeness (QED) is 0.104. The van der Waals surface area contributed by atoms with Crippen molar-refractivity contribution < 1.29 is 54.6 Å². The van der Waals surface area contributed by atoms with E-state index < -0.39 is 73.7 Å².